The lowest BCUT2D eigenvalue weighted by molar-refractivity contribution is 0.0587. The highest BCUT2D eigenvalue weighted by atomic mass is 16.2. The Bertz CT molecular complexity index is 761. The zero-order chi connectivity index (χ0) is 18.1. The van der Waals surface area contributed by atoms with Gasteiger partial charge >= 0.3 is 0 Å². The number of nitrogen functional groups attached to an aromatic ring is 1. The number of nitrogens with zero attached hydrogens (tertiary/aromatic N) is 2. The SMILES string of the molecule is CC1(CC[C@@H]2CC2c2ccccc2)CCN(C(=O)c2cn[nH]c2N)CC1. The molecule has 3 N–H and O–H groups in total. The topological polar surface area (TPSA) is 75.0 Å². The summed E-state index contributed by atoms with van der Waals surface area (Å²) in [4.78, 5) is 14.5. The van der Waals surface area contributed by atoms with Gasteiger partial charge in [-0.1, -0.05) is 37.3 Å². The van der Waals surface area contributed by atoms with Crippen LogP contribution in [0.4, 0.5) is 5.82 Å². The van der Waals surface area contributed by atoms with Gasteiger partial charge in [0.15, 0.2) is 0 Å². The summed E-state index contributed by atoms with van der Waals surface area (Å²) in [5.41, 5.74) is 8.13. The van der Waals surface area contributed by atoms with Crippen molar-refractivity contribution in [1.82, 2.24) is 15.1 Å². The Hall–Kier alpha value is -2.30. The molecule has 1 aliphatic heterocycles. The highest BCUT2D eigenvalue weighted by molar-refractivity contribution is 5.98. The molecule has 1 unspecified atom stereocenters. The van der Waals surface area contributed by atoms with E-state index in [-0.39, 0.29) is 5.91 Å². The molecule has 1 saturated heterocycles. The van der Waals surface area contributed by atoms with Crippen molar-refractivity contribution in [3.8, 4) is 0 Å². The van der Waals surface area contributed by atoms with Crippen LogP contribution in [0.25, 0.3) is 0 Å². The molecule has 1 amide bonds. The number of nitrogens with two attached hydrogens (primary N) is 1. The molecule has 2 fully saturated rings. The number of hydrogen-bond donors (Lipinski definition) is 2. The van der Waals surface area contributed by atoms with Gasteiger partial charge in [0.25, 0.3) is 5.91 Å². The molecule has 0 bridgehead atoms. The Morgan fingerprint density at radius 1 is 1.31 bits per heavy atom. The average Bonchev–Trinajstić information content (AvgIpc) is 3.33. The van der Waals surface area contributed by atoms with Crippen molar-refractivity contribution in [2.45, 2.75) is 44.9 Å². The minimum atomic E-state index is 0.00429. The van der Waals surface area contributed by atoms with Gasteiger partial charge in [0.05, 0.1) is 6.20 Å². The second kappa shape index (κ2) is 6.78. The van der Waals surface area contributed by atoms with Crippen LogP contribution in [0.1, 0.15) is 60.9 Å². The lowest BCUT2D eigenvalue weighted by Gasteiger charge is -2.39. The summed E-state index contributed by atoms with van der Waals surface area (Å²) < 4.78 is 0. The summed E-state index contributed by atoms with van der Waals surface area (Å²) in [7, 11) is 0. The van der Waals surface area contributed by atoms with Gasteiger partial charge in [-0.15, -0.1) is 0 Å². The predicted octanol–water partition coefficient (Wildman–Crippen LogP) is 3.82. The van der Waals surface area contributed by atoms with Crippen LogP contribution in [0.15, 0.2) is 36.5 Å². The summed E-state index contributed by atoms with van der Waals surface area (Å²) in [6.45, 7) is 4.01. The molecule has 0 radical (unpaired) electrons. The maximum absolute atomic E-state index is 12.6. The highest BCUT2D eigenvalue weighted by Gasteiger charge is 2.40. The number of aromatic nitrogens is 2. The first-order valence-electron chi connectivity index (χ1n) is 9.69. The number of nitrogens with one attached hydrogen (secondary N) is 1. The lowest BCUT2D eigenvalue weighted by atomic mass is 9.76. The van der Waals surface area contributed by atoms with Crippen LogP contribution >= 0.6 is 0 Å². The number of amides is 1. The number of benzene rings is 1. The molecule has 2 heterocycles. The predicted molar refractivity (Wildman–Crippen MR) is 103 cm³/mol. The molecule has 2 atom stereocenters. The molecule has 1 aromatic carbocycles. The molecular weight excluding hydrogens is 324 g/mol. The van der Waals surface area contributed by atoms with Gasteiger partial charge in [-0.25, -0.2) is 0 Å². The lowest BCUT2D eigenvalue weighted by Crippen LogP contribution is -2.42. The van der Waals surface area contributed by atoms with Crippen molar-refractivity contribution in [2.75, 3.05) is 18.8 Å². The number of carbonyl (C=O) groups is 1. The number of carbonyl (C=O) groups excluding carboxylic acids is 1. The quantitative estimate of drug-likeness (QED) is 0.859. The molecule has 4 rings (SSSR count). The molecule has 5 heteroatoms. The Morgan fingerprint density at radius 3 is 2.69 bits per heavy atom. The number of rotatable bonds is 5. The minimum absolute atomic E-state index is 0.00429. The normalized spacial score (nSPS) is 24.4. The summed E-state index contributed by atoms with van der Waals surface area (Å²) in [6.07, 6.45) is 7.57. The molecule has 1 aliphatic carbocycles. The van der Waals surface area contributed by atoms with Crippen LogP contribution in [0.5, 0.6) is 0 Å². The second-order valence-corrected chi connectivity index (χ2v) is 8.35. The van der Waals surface area contributed by atoms with Gasteiger partial charge in [0, 0.05) is 13.1 Å². The fraction of sp³-hybridized carbons (Fsp3) is 0.524. The molecular formula is C21H28N4O. The number of H-pyrrole nitrogens is 1. The van der Waals surface area contributed by atoms with Crippen molar-refractivity contribution in [2.24, 2.45) is 11.3 Å². The monoisotopic (exact) mass is 352 g/mol. The maximum atomic E-state index is 12.6. The number of likely N-dealkylation sites (tertiary alicyclic amines) is 1. The molecule has 5 nitrogen and oxygen atoms in total. The Kier molecular flexibility index (Phi) is 4.47. The molecule has 1 saturated carbocycles. The van der Waals surface area contributed by atoms with Gasteiger partial charge in [-0.3, -0.25) is 9.89 Å². The third-order valence-electron chi connectivity index (χ3n) is 6.43. The first kappa shape index (κ1) is 17.1. The third kappa shape index (κ3) is 3.48. The molecule has 26 heavy (non-hydrogen) atoms. The summed E-state index contributed by atoms with van der Waals surface area (Å²) >= 11 is 0. The van der Waals surface area contributed by atoms with Crippen molar-refractivity contribution < 1.29 is 4.79 Å². The first-order valence-corrected chi connectivity index (χ1v) is 9.69. The number of piperidine rings is 1. The zero-order valence-electron chi connectivity index (χ0n) is 15.4. The number of anilines is 1. The van der Waals surface area contributed by atoms with Gasteiger partial charge in [0.2, 0.25) is 0 Å². The van der Waals surface area contributed by atoms with E-state index >= 15 is 0 Å². The van der Waals surface area contributed by atoms with Crippen molar-refractivity contribution in [3.63, 3.8) is 0 Å². The van der Waals surface area contributed by atoms with Gasteiger partial charge in [-0.2, -0.15) is 5.10 Å². The van der Waals surface area contributed by atoms with Crippen LogP contribution in [-0.2, 0) is 0 Å². The van der Waals surface area contributed by atoms with E-state index in [2.05, 4.69) is 47.5 Å². The number of hydrogen-bond acceptors (Lipinski definition) is 3. The smallest absolute Gasteiger partial charge is 0.259 e. The Morgan fingerprint density at radius 2 is 2.04 bits per heavy atom. The van der Waals surface area contributed by atoms with Crippen LogP contribution < -0.4 is 5.73 Å². The van der Waals surface area contributed by atoms with Gasteiger partial charge < -0.3 is 10.6 Å². The van der Waals surface area contributed by atoms with E-state index in [0.29, 0.717) is 16.8 Å². The van der Waals surface area contributed by atoms with Crippen molar-refractivity contribution >= 4 is 11.7 Å². The largest absolute Gasteiger partial charge is 0.383 e. The summed E-state index contributed by atoms with van der Waals surface area (Å²) in [6, 6.07) is 10.9. The molecule has 1 aromatic heterocycles. The molecule has 2 aliphatic rings. The zero-order valence-corrected chi connectivity index (χ0v) is 15.4. The van der Waals surface area contributed by atoms with E-state index in [1.54, 1.807) is 0 Å². The summed E-state index contributed by atoms with van der Waals surface area (Å²) in [5, 5.41) is 6.50. The van der Waals surface area contributed by atoms with E-state index in [4.69, 9.17) is 5.73 Å². The van der Waals surface area contributed by atoms with E-state index in [0.717, 1.165) is 37.8 Å². The van der Waals surface area contributed by atoms with Crippen LogP contribution in [0, 0.1) is 11.3 Å². The van der Waals surface area contributed by atoms with Crippen molar-refractivity contribution in [1.29, 1.82) is 0 Å². The second-order valence-electron chi connectivity index (χ2n) is 8.35. The van der Waals surface area contributed by atoms with E-state index < -0.39 is 0 Å². The van der Waals surface area contributed by atoms with E-state index in [1.807, 2.05) is 4.90 Å². The molecule has 0 spiro atoms. The maximum Gasteiger partial charge on any atom is 0.259 e. The van der Waals surface area contributed by atoms with E-state index in [9.17, 15) is 4.79 Å². The standard InChI is InChI=1S/C21H28N4O/c1-21(8-7-16-13-17(16)15-5-3-2-4-6-15)9-11-25(12-10-21)20(26)18-14-23-24-19(18)22/h2-6,14,16-17H,7-13H2,1H3,(H3,22,23,24)/t16-,17?/m1/s1. The summed E-state index contributed by atoms with van der Waals surface area (Å²) in [5.74, 6) is 1.99. The fourth-order valence-corrected chi connectivity index (χ4v) is 4.35. The average molecular weight is 352 g/mol. The molecule has 138 valence electrons. The van der Waals surface area contributed by atoms with Gasteiger partial charge in [0.1, 0.15) is 11.4 Å². The van der Waals surface area contributed by atoms with E-state index in [1.165, 1.54) is 31.0 Å². The fourth-order valence-electron chi connectivity index (χ4n) is 4.35. The van der Waals surface area contributed by atoms with Gasteiger partial charge in [-0.05, 0) is 54.9 Å². The Labute approximate surface area is 155 Å². The van der Waals surface area contributed by atoms with Crippen LogP contribution in [0.3, 0.4) is 0 Å². The van der Waals surface area contributed by atoms with Crippen molar-refractivity contribution in [3.05, 3.63) is 47.7 Å². The number of aromatic amines is 1. The third-order valence-corrected chi connectivity index (χ3v) is 6.43. The first-order chi connectivity index (χ1) is 12.6. The minimum Gasteiger partial charge on any atom is -0.383 e. The van der Waals surface area contributed by atoms with Crippen LogP contribution in [-0.4, -0.2) is 34.1 Å². The van der Waals surface area contributed by atoms with Crippen LogP contribution in [0.2, 0.25) is 0 Å². The Balaban J connectivity index is 1.26. The highest BCUT2D eigenvalue weighted by Crippen LogP contribution is 2.52. The molecule has 2 aromatic rings.